The molecule has 2 aliphatic heterocycles. The van der Waals surface area contributed by atoms with Gasteiger partial charge in [-0.3, -0.25) is 9.59 Å². The Labute approximate surface area is 108 Å². The first-order valence-electron chi connectivity index (χ1n) is 6.13. The van der Waals surface area contributed by atoms with Crippen LogP contribution in [0.2, 0.25) is 0 Å². The number of rotatable bonds is 1. The molecular formula is C13H12F2N2O2. The van der Waals surface area contributed by atoms with Crippen LogP contribution in [0.4, 0.5) is 14.5 Å². The van der Waals surface area contributed by atoms with Crippen molar-refractivity contribution >= 4 is 17.5 Å². The first kappa shape index (κ1) is 12.1. The number of hydrogen-bond acceptors (Lipinski definition) is 2. The average molecular weight is 266 g/mol. The van der Waals surface area contributed by atoms with E-state index in [0.717, 1.165) is 24.6 Å². The van der Waals surface area contributed by atoms with Crippen LogP contribution >= 0.6 is 0 Å². The van der Waals surface area contributed by atoms with Gasteiger partial charge in [-0.2, -0.15) is 0 Å². The van der Waals surface area contributed by atoms with Crippen molar-refractivity contribution in [2.45, 2.75) is 18.9 Å². The summed E-state index contributed by atoms with van der Waals surface area (Å²) in [6.45, 7) is 0.429. The Morgan fingerprint density at radius 3 is 2.47 bits per heavy atom. The number of fused-ring (bicyclic) bond motifs is 1. The minimum atomic E-state index is -0.760. The number of hydrogen-bond donors (Lipinski definition) is 0. The first-order valence-corrected chi connectivity index (χ1v) is 6.13. The highest BCUT2D eigenvalue weighted by molar-refractivity contribution is 6.06. The molecule has 100 valence electrons. The van der Waals surface area contributed by atoms with Gasteiger partial charge in [-0.15, -0.1) is 0 Å². The number of halogens is 2. The van der Waals surface area contributed by atoms with Crippen LogP contribution in [0, 0.1) is 11.6 Å². The van der Waals surface area contributed by atoms with Crippen LogP contribution in [0.5, 0.6) is 0 Å². The zero-order valence-electron chi connectivity index (χ0n) is 10.1. The van der Waals surface area contributed by atoms with Crippen LogP contribution in [0.25, 0.3) is 0 Å². The number of amides is 2. The fourth-order valence-electron chi connectivity index (χ4n) is 2.72. The van der Waals surface area contributed by atoms with E-state index in [1.807, 2.05) is 0 Å². The number of nitrogens with zero attached hydrogens (tertiary/aromatic N) is 2. The SMILES string of the molecule is O=C1C2CCCN2C(=O)CN1c1cc(F)cc(F)c1. The molecule has 2 aliphatic rings. The predicted molar refractivity (Wildman–Crippen MR) is 63.4 cm³/mol. The lowest BCUT2D eigenvalue weighted by atomic mass is 10.1. The predicted octanol–water partition coefficient (Wildman–Crippen LogP) is 1.30. The molecule has 6 heteroatoms. The van der Waals surface area contributed by atoms with Gasteiger partial charge < -0.3 is 9.80 Å². The topological polar surface area (TPSA) is 40.6 Å². The Morgan fingerprint density at radius 1 is 1.11 bits per heavy atom. The molecule has 2 fully saturated rings. The quantitative estimate of drug-likeness (QED) is 0.768. The summed E-state index contributed by atoms with van der Waals surface area (Å²) in [7, 11) is 0. The maximum Gasteiger partial charge on any atom is 0.250 e. The second-order valence-electron chi connectivity index (χ2n) is 4.80. The number of piperazine rings is 1. The van der Waals surface area contributed by atoms with E-state index >= 15 is 0 Å². The van der Waals surface area contributed by atoms with Gasteiger partial charge in [-0.05, 0) is 25.0 Å². The van der Waals surface area contributed by atoms with E-state index < -0.39 is 17.7 Å². The molecule has 0 saturated carbocycles. The normalized spacial score (nSPS) is 22.9. The lowest BCUT2D eigenvalue weighted by Gasteiger charge is -2.36. The molecule has 0 N–H and O–H groups in total. The fraction of sp³-hybridized carbons (Fsp3) is 0.385. The third-order valence-electron chi connectivity index (χ3n) is 3.58. The van der Waals surface area contributed by atoms with Gasteiger partial charge in [0.15, 0.2) is 0 Å². The van der Waals surface area contributed by atoms with Crippen molar-refractivity contribution in [2.75, 3.05) is 18.0 Å². The van der Waals surface area contributed by atoms with E-state index in [4.69, 9.17) is 0 Å². The second kappa shape index (κ2) is 4.29. The van der Waals surface area contributed by atoms with E-state index in [1.54, 1.807) is 4.90 Å². The van der Waals surface area contributed by atoms with Crippen LogP contribution in [0.15, 0.2) is 18.2 Å². The molecule has 2 amide bonds. The standard InChI is InChI=1S/C13H12F2N2O2/c14-8-4-9(15)6-10(5-8)17-7-12(18)16-3-1-2-11(16)13(17)19/h4-6,11H,1-3,7H2. The molecule has 1 aromatic carbocycles. The number of anilines is 1. The lowest BCUT2D eigenvalue weighted by Crippen LogP contribution is -2.57. The number of carbonyl (C=O) groups is 2. The fourth-order valence-corrected chi connectivity index (χ4v) is 2.72. The molecule has 4 nitrogen and oxygen atoms in total. The average Bonchev–Trinajstić information content (AvgIpc) is 2.82. The molecule has 1 aromatic rings. The summed E-state index contributed by atoms with van der Waals surface area (Å²) in [5.74, 6) is -1.96. The molecule has 0 aromatic heterocycles. The molecular weight excluding hydrogens is 254 g/mol. The van der Waals surface area contributed by atoms with Gasteiger partial charge in [0.1, 0.15) is 24.2 Å². The summed E-state index contributed by atoms with van der Waals surface area (Å²) in [5, 5.41) is 0. The van der Waals surface area contributed by atoms with Crippen molar-refractivity contribution in [1.29, 1.82) is 0 Å². The highest BCUT2D eigenvalue weighted by atomic mass is 19.1. The van der Waals surface area contributed by atoms with Crippen molar-refractivity contribution in [3.05, 3.63) is 29.8 Å². The smallest absolute Gasteiger partial charge is 0.250 e. The summed E-state index contributed by atoms with van der Waals surface area (Å²) in [5.41, 5.74) is 0.0994. The monoisotopic (exact) mass is 266 g/mol. The van der Waals surface area contributed by atoms with Crippen molar-refractivity contribution in [1.82, 2.24) is 4.90 Å². The van der Waals surface area contributed by atoms with Crippen LogP contribution in [-0.4, -0.2) is 35.8 Å². The van der Waals surface area contributed by atoms with E-state index in [-0.39, 0.29) is 24.0 Å². The zero-order chi connectivity index (χ0) is 13.6. The maximum atomic E-state index is 13.2. The summed E-state index contributed by atoms with van der Waals surface area (Å²) < 4.78 is 26.4. The maximum absolute atomic E-state index is 13.2. The zero-order valence-corrected chi connectivity index (χ0v) is 10.1. The Hall–Kier alpha value is -1.98. The van der Waals surface area contributed by atoms with Crippen molar-refractivity contribution in [2.24, 2.45) is 0 Å². The molecule has 3 rings (SSSR count). The molecule has 1 unspecified atom stereocenters. The Balaban J connectivity index is 1.96. The van der Waals surface area contributed by atoms with Crippen molar-refractivity contribution in [3.8, 4) is 0 Å². The molecule has 1 atom stereocenters. The molecule has 19 heavy (non-hydrogen) atoms. The van der Waals surface area contributed by atoms with E-state index in [0.29, 0.717) is 13.0 Å². The molecule has 2 heterocycles. The first-order chi connectivity index (χ1) is 9.06. The van der Waals surface area contributed by atoms with E-state index in [9.17, 15) is 18.4 Å². The Kier molecular flexibility index (Phi) is 2.73. The van der Waals surface area contributed by atoms with Crippen LogP contribution in [0.3, 0.4) is 0 Å². The third kappa shape index (κ3) is 1.97. The molecule has 0 aliphatic carbocycles. The van der Waals surface area contributed by atoms with Crippen molar-refractivity contribution < 1.29 is 18.4 Å². The summed E-state index contributed by atoms with van der Waals surface area (Å²) in [4.78, 5) is 26.9. The van der Waals surface area contributed by atoms with Gasteiger partial charge in [-0.25, -0.2) is 8.78 Å². The Bertz CT molecular complexity index is 541. The van der Waals surface area contributed by atoms with E-state index in [2.05, 4.69) is 0 Å². The number of benzene rings is 1. The van der Waals surface area contributed by atoms with Crippen LogP contribution in [-0.2, 0) is 9.59 Å². The van der Waals surface area contributed by atoms with Gasteiger partial charge in [0.2, 0.25) is 11.8 Å². The second-order valence-corrected chi connectivity index (χ2v) is 4.80. The highest BCUT2D eigenvalue weighted by Gasteiger charge is 2.42. The largest absolute Gasteiger partial charge is 0.329 e. The minimum absolute atomic E-state index is 0.0994. The number of carbonyl (C=O) groups excluding carboxylic acids is 2. The van der Waals surface area contributed by atoms with Gasteiger partial charge >= 0.3 is 0 Å². The molecule has 0 bridgehead atoms. The van der Waals surface area contributed by atoms with Gasteiger partial charge in [0, 0.05) is 12.6 Å². The highest BCUT2D eigenvalue weighted by Crippen LogP contribution is 2.28. The molecule has 0 spiro atoms. The summed E-state index contributed by atoms with van der Waals surface area (Å²) >= 11 is 0. The van der Waals surface area contributed by atoms with Crippen molar-refractivity contribution in [3.63, 3.8) is 0 Å². The van der Waals surface area contributed by atoms with Gasteiger partial charge in [-0.1, -0.05) is 0 Å². The summed E-state index contributed by atoms with van der Waals surface area (Å²) in [6, 6.07) is 2.40. The van der Waals surface area contributed by atoms with Gasteiger partial charge in [0.05, 0.1) is 5.69 Å². The van der Waals surface area contributed by atoms with Gasteiger partial charge in [0.25, 0.3) is 0 Å². The molecule has 0 radical (unpaired) electrons. The Morgan fingerprint density at radius 2 is 1.79 bits per heavy atom. The lowest BCUT2D eigenvalue weighted by molar-refractivity contribution is -0.140. The van der Waals surface area contributed by atoms with Crippen LogP contribution < -0.4 is 4.90 Å². The summed E-state index contributed by atoms with van der Waals surface area (Å²) in [6.07, 6.45) is 1.40. The molecule has 2 saturated heterocycles. The third-order valence-corrected chi connectivity index (χ3v) is 3.58. The van der Waals surface area contributed by atoms with Crippen LogP contribution in [0.1, 0.15) is 12.8 Å². The van der Waals surface area contributed by atoms with E-state index in [1.165, 1.54) is 4.90 Å². The minimum Gasteiger partial charge on any atom is -0.329 e.